The summed E-state index contributed by atoms with van der Waals surface area (Å²) in [6, 6.07) is 8.69. The molecule has 1 aromatic rings. The van der Waals surface area contributed by atoms with Gasteiger partial charge in [-0.25, -0.2) is 0 Å². The summed E-state index contributed by atoms with van der Waals surface area (Å²) in [5.41, 5.74) is 1.26. The molecule has 0 aliphatic carbocycles. The van der Waals surface area contributed by atoms with E-state index in [1.807, 2.05) is 24.9 Å². The second-order valence-corrected chi connectivity index (χ2v) is 5.77. The van der Waals surface area contributed by atoms with E-state index in [2.05, 4.69) is 44.3 Å². The maximum atomic E-state index is 5.89. The molecule has 1 unspecified atom stereocenters. The third-order valence-electron chi connectivity index (χ3n) is 2.64. The van der Waals surface area contributed by atoms with Crippen LogP contribution in [0.5, 0.6) is 5.75 Å². The average molecular weight is 267 g/mol. The molecule has 0 aromatic heterocycles. The highest BCUT2D eigenvalue weighted by molar-refractivity contribution is 7.99. The van der Waals surface area contributed by atoms with E-state index in [0.717, 1.165) is 11.5 Å². The zero-order valence-corrected chi connectivity index (χ0v) is 12.7. The minimum absolute atomic E-state index is 0.215. The number of ether oxygens (including phenoxy) is 1. The second-order valence-electron chi connectivity index (χ2n) is 4.62. The summed E-state index contributed by atoms with van der Waals surface area (Å²) in [6.45, 7) is 6.35. The van der Waals surface area contributed by atoms with Gasteiger partial charge in [0, 0.05) is 17.4 Å². The molecule has 0 spiro atoms. The average Bonchev–Trinajstić information content (AvgIpc) is 2.35. The molecule has 0 amide bonds. The van der Waals surface area contributed by atoms with Gasteiger partial charge >= 0.3 is 0 Å². The fourth-order valence-corrected chi connectivity index (χ4v) is 2.84. The van der Waals surface area contributed by atoms with E-state index in [0.29, 0.717) is 6.04 Å². The Bertz CT molecular complexity index is 341. The Hall–Kier alpha value is -0.670. The van der Waals surface area contributed by atoms with E-state index in [1.54, 1.807) is 0 Å². The van der Waals surface area contributed by atoms with Crippen molar-refractivity contribution >= 4 is 11.8 Å². The van der Waals surface area contributed by atoms with Gasteiger partial charge in [0.15, 0.2) is 0 Å². The number of nitrogens with one attached hydrogen (secondary N) is 1. The lowest BCUT2D eigenvalue weighted by molar-refractivity contribution is 0.238. The first-order chi connectivity index (χ1) is 8.69. The maximum Gasteiger partial charge on any atom is 0.124 e. The molecule has 1 N–H and O–H groups in total. The lowest BCUT2D eigenvalue weighted by Gasteiger charge is -2.21. The summed E-state index contributed by atoms with van der Waals surface area (Å²) < 4.78 is 5.89. The van der Waals surface area contributed by atoms with Crippen molar-refractivity contribution in [1.82, 2.24) is 5.32 Å². The molecular weight excluding hydrogens is 242 g/mol. The van der Waals surface area contributed by atoms with Crippen molar-refractivity contribution in [2.45, 2.75) is 39.3 Å². The first kappa shape index (κ1) is 15.4. The molecule has 0 aliphatic rings. The van der Waals surface area contributed by atoms with Crippen LogP contribution in [0.25, 0.3) is 0 Å². The molecule has 0 saturated heterocycles. The van der Waals surface area contributed by atoms with Gasteiger partial charge in [-0.2, -0.15) is 11.8 Å². The summed E-state index contributed by atoms with van der Waals surface area (Å²) in [6.07, 6.45) is 1.44. The van der Waals surface area contributed by atoms with Crippen LogP contribution < -0.4 is 10.1 Å². The normalized spacial score (nSPS) is 12.7. The fourth-order valence-electron chi connectivity index (χ4n) is 1.80. The topological polar surface area (TPSA) is 21.3 Å². The molecule has 2 nitrogen and oxygen atoms in total. The number of benzene rings is 1. The van der Waals surface area contributed by atoms with Crippen molar-refractivity contribution < 1.29 is 4.74 Å². The van der Waals surface area contributed by atoms with Crippen molar-refractivity contribution in [1.29, 1.82) is 0 Å². The molecule has 102 valence electrons. The SMILES string of the molecule is CCCSCC(NC)c1ccccc1OC(C)C. The Morgan fingerprint density at radius 2 is 2.00 bits per heavy atom. The first-order valence-electron chi connectivity index (χ1n) is 6.69. The van der Waals surface area contributed by atoms with Gasteiger partial charge in [-0.15, -0.1) is 0 Å². The predicted molar refractivity (Wildman–Crippen MR) is 81.6 cm³/mol. The van der Waals surface area contributed by atoms with Crippen LogP contribution in [0.2, 0.25) is 0 Å². The van der Waals surface area contributed by atoms with Gasteiger partial charge in [-0.1, -0.05) is 25.1 Å². The summed E-state index contributed by atoms with van der Waals surface area (Å²) >= 11 is 1.99. The van der Waals surface area contributed by atoms with Gasteiger partial charge in [0.05, 0.1) is 6.10 Å². The quantitative estimate of drug-likeness (QED) is 0.722. The zero-order chi connectivity index (χ0) is 13.4. The summed E-state index contributed by atoms with van der Waals surface area (Å²) in [5, 5.41) is 3.39. The van der Waals surface area contributed by atoms with Crippen LogP contribution >= 0.6 is 11.8 Å². The molecule has 0 saturated carbocycles. The Balaban J connectivity index is 2.77. The highest BCUT2D eigenvalue weighted by Crippen LogP contribution is 2.28. The molecule has 3 heteroatoms. The zero-order valence-electron chi connectivity index (χ0n) is 11.9. The van der Waals surface area contributed by atoms with E-state index >= 15 is 0 Å². The molecule has 1 rings (SSSR count). The summed E-state index contributed by atoms with van der Waals surface area (Å²) in [5.74, 6) is 3.30. The highest BCUT2D eigenvalue weighted by Gasteiger charge is 2.14. The van der Waals surface area contributed by atoms with Crippen molar-refractivity contribution in [2.24, 2.45) is 0 Å². The molecule has 1 atom stereocenters. The van der Waals surface area contributed by atoms with E-state index in [9.17, 15) is 0 Å². The highest BCUT2D eigenvalue weighted by atomic mass is 32.2. The molecule has 0 fully saturated rings. The van der Waals surface area contributed by atoms with Crippen LogP contribution in [0.4, 0.5) is 0 Å². The molecular formula is C15H25NOS. The van der Waals surface area contributed by atoms with E-state index in [4.69, 9.17) is 4.74 Å². The molecule has 0 bridgehead atoms. The maximum absolute atomic E-state index is 5.89. The number of rotatable bonds is 8. The molecule has 1 aromatic carbocycles. The Labute approximate surface area is 116 Å². The van der Waals surface area contributed by atoms with Gasteiger partial charge in [0.25, 0.3) is 0 Å². The smallest absolute Gasteiger partial charge is 0.124 e. The predicted octanol–water partition coefficient (Wildman–Crippen LogP) is 3.88. The van der Waals surface area contributed by atoms with E-state index < -0.39 is 0 Å². The number of hydrogen-bond donors (Lipinski definition) is 1. The Morgan fingerprint density at radius 3 is 2.61 bits per heavy atom. The third kappa shape index (κ3) is 4.91. The lowest BCUT2D eigenvalue weighted by Crippen LogP contribution is -2.20. The summed E-state index contributed by atoms with van der Waals surface area (Å²) in [7, 11) is 2.02. The van der Waals surface area contributed by atoms with Gasteiger partial charge in [-0.05, 0) is 39.1 Å². The minimum atomic E-state index is 0.215. The van der Waals surface area contributed by atoms with Gasteiger partial charge in [0.1, 0.15) is 5.75 Å². The number of hydrogen-bond acceptors (Lipinski definition) is 3. The minimum Gasteiger partial charge on any atom is -0.491 e. The van der Waals surface area contributed by atoms with Crippen LogP contribution in [-0.2, 0) is 0 Å². The van der Waals surface area contributed by atoms with E-state index in [-0.39, 0.29) is 6.10 Å². The van der Waals surface area contributed by atoms with Crippen molar-refractivity contribution in [3.63, 3.8) is 0 Å². The third-order valence-corrected chi connectivity index (χ3v) is 3.90. The largest absolute Gasteiger partial charge is 0.491 e. The van der Waals surface area contributed by atoms with Crippen molar-refractivity contribution in [3.05, 3.63) is 29.8 Å². The van der Waals surface area contributed by atoms with Crippen LogP contribution in [0, 0.1) is 0 Å². The van der Waals surface area contributed by atoms with E-state index in [1.165, 1.54) is 17.7 Å². The van der Waals surface area contributed by atoms with Crippen LogP contribution in [0.3, 0.4) is 0 Å². The summed E-state index contributed by atoms with van der Waals surface area (Å²) in [4.78, 5) is 0. The van der Waals surface area contributed by atoms with Crippen molar-refractivity contribution in [2.75, 3.05) is 18.6 Å². The molecule has 0 radical (unpaired) electrons. The molecule has 18 heavy (non-hydrogen) atoms. The van der Waals surface area contributed by atoms with Gasteiger partial charge < -0.3 is 10.1 Å². The van der Waals surface area contributed by atoms with Gasteiger partial charge in [0.2, 0.25) is 0 Å². The Morgan fingerprint density at radius 1 is 1.28 bits per heavy atom. The van der Waals surface area contributed by atoms with Gasteiger partial charge in [-0.3, -0.25) is 0 Å². The van der Waals surface area contributed by atoms with Crippen LogP contribution in [0.1, 0.15) is 38.8 Å². The molecule has 0 aliphatic heterocycles. The van der Waals surface area contributed by atoms with Crippen molar-refractivity contribution in [3.8, 4) is 5.75 Å². The number of thioether (sulfide) groups is 1. The number of para-hydroxylation sites is 1. The monoisotopic (exact) mass is 267 g/mol. The molecule has 0 heterocycles. The Kier molecular flexibility index (Phi) is 7.21. The lowest BCUT2D eigenvalue weighted by atomic mass is 10.1. The standard InChI is InChI=1S/C15H25NOS/c1-5-10-18-11-14(16-4)13-8-6-7-9-15(13)17-12(2)3/h6-9,12,14,16H,5,10-11H2,1-4H3. The van der Waals surface area contributed by atoms with Crippen LogP contribution in [-0.4, -0.2) is 24.7 Å². The van der Waals surface area contributed by atoms with Crippen LogP contribution in [0.15, 0.2) is 24.3 Å². The second kappa shape index (κ2) is 8.44. The fraction of sp³-hybridized carbons (Fsp3) is 0.600. The first-order valence-corrected chi connectivity index (χ1v) is 7.85.